The number of benzene rings is 8. The van der Waals surface area contributed by atoms with Crippen molar-refractivity contribution in [3.63, 3.8) is 0 Å². The van der Waals surface area contributed by atoms with Gasteiger partial charge in [0.05, 0.1) is 43.2 Å². The highest BCUT2D eigenvalue weighted by atomic mass is 31.2. The number of amides is 3. The van der Waals surface area contributed by atoms with Gasteiger partial charge in [-0.05, 0) is 94.2 Å². The second-order valence-corrected chi connectivity index (χ2v) is 28.6. The smallest absolute Gasteiger partial charge is 0.411 e. The van der Waals surface area contributed by atoms with Crippen LogP contribution >= 0.6 is 13.8 Å². The Morgan fingerprint density at radius 3 is 1.03 bits per heavy atom. The molecule has 18 heteroatoms. The highest BCUT2D eigenvalue weighted by Crippen LogP contribution is 2.52. The average Bonchev–Trinajstić information content (AvgIpc) is 0.712. The van der Waals surface area contributed by atoms with E-state index in [0.717, 1.165) is 31.8 Å². The third-order valence-electron chi connectivity index (χ3n) is 16.2. The van der Waals surface area contributed by atoms with Crippen LogP contribution in [0.15, 0.2) is 256 Å². The standard InChI is InChI=1S/C38H37N2O7P.C36H35N2O5P/c1-4-24-47-37(44)36(48(29-14-8-5-9-15-29,30-16-10-6-11-17-30)31-18-12-7-13-19-31)40-32(34(26(2)41)35(40)43)25-33(42)27-20-22-28(23-21-27)39-38(45)46-3;1-3-23-43-36(42)35(38-31(33(25(2)39)34(38)41)24-32(40)26-19-21-27(37)22-20-26)44(28-13-7-4-8-14-28,29-15-9-5-10-16-29)30-17-11-6-12-18-30/h4-23,26,32,34,41H,1,24-25H2,2-3H3,(H,39,45);3-22,25,31,33,39H,1,23-24,37H2,2H3/t26-,32-,34-;25-,31-,33-/m11/s1. The molecule has 92 heavy (non-hydrogen) atoms. The molecule has 0 spiro atoms. The Kier molecular flexibility index (Phi) is 21.8. The number of nitrogens with one attached hydrogen (secondary N) is 1. The van der Waals surface area contributed by atoms with Crippen LogP contribution in [0, 0.1) is 11.8 Å². The topological polar surface area (TPSA) is 232 Å². The van der Waals surface area contributed by atoms with Crippen LogP contribution in [0.4, 0.5) is 16.2 Å². The van der Waals surface area contributed by atoms with Crippen LogP contribution in [0.5, 0.6) is 0 Å². The van der Waals surface area contributed by atoms with Gasteiger partial charge < -0.3 is 40.0 Å². The SMILES string of the molecule is C=CCOC(=O)C(N1C(=O)[C@H]([C@@H](C)O)[C@H]1CC(=O)c1ccc(N)cc1)=P(c1ccccc1)(c1ccccc1)c1ccccc1.C=CCOC(=O)C(N1C(=O)[C@H]([C@@H](C)O)[C@H]1CC(=O)c1ccc(NC(=O)OC)cc1)=P(c1ccccc1)(c1ccccc1)c1ccccc1. The Labute approximate surface area is 535 Å². The van der Waals surface area contributed by atoms with E-state index in [2.05, 4.69) is 23.2 Å². The maximum absolute atomic E-state index is 14.5. The number of ether oxygens (including phenoxy) is 3. The van der Waals surface area contributed by atoms with Crippen molar-refractivity contribution in [1.82, 2.24) is 9.80 Å². The molecular weight excluding hydrogens is 1200 g/mol. The number of ketones is 2. The molecule has 0 aromatic heterocycles. The van der Waals surface area contributed by atoms with Crippen molar-refractivity contribution in [2.75, 3.05) is 31.4 Å². The number of carbonyl (C=O) groups is 7. The number of nitrogen functional groups attached to an aromatic ring is 1. The highest BCUT2D eigenvalue weighted by Gasteiger charge is 2.57. The van der Waals surface area contributed by atoms with Crippen LogP contribution in [-0.2, 0) is 33.4 Å². The minimum atomic E-state index is -3.18. The molecule has 5 N–H and O–H groups in total. The molecule has 3 amide bonds. The number of nitrogens with zero attached hydrogens (tertiary/aromatic N) is 2. The molecule has 10 rings (SSSR count). The molecule has 16 nitrogen and oxygen atoms in total. The van der Waals surface area contributed by atoms with E-state index < -0.39 is 79.7 Å². The van der Waals surface area contributed by atoms with E-state index in [0.29, 0.717) is 22.5 Å². The number of hydrogen-bond acceptors (Lipinski definition) is 13. The van der Waals surface area contributed by atoms with Crippen molar-refractivity contribution in [3.05, 3.63) is 267 Å². The van der Waals surface area contributed by atoms with Gasteiger partial charge in [-0.1, -0.05) is 207 Å². The Morgan fingerprint density at radius 2 is 0.772 bits per heavy atom. The monoisotopic (exact) mass is 1270 g/mol. The summed E-state index contributed by atoms with van der Waals surface area (Å²) < 4.78 is 16.1. The summed E-state index contributed by atoms with van der Waals surface area (Å²) in [7, 11) is 1.25. The number of anilines is 2. The molecule has 2 saturated heterocycles. The molecule has 8 aromatic carbocycles. The molecule has 6 atom stereocenters. The summed E-state index contributed by atoms with van der Waals surface area (Å²) in [5, 5.41) is 29.1. The molecule has 2 aliphatic rings. The van der Waals surface area contributed by atoms with Crippen LogP contribution in [-0.4, -0.2) is 117 Å². The molecule has 0 unspecified atom stereocenters. The van der Waals surface area contributed by atoms with E-state index in [9.17, 15) is 43.8 Å². The predicted octanol–water partition coefficient (Wildman–Crippen LogP) is 8.40. The fraction of sp³-hybridized carbons (Fsp3) is 0.176. The van der Waals surface area contributed by atoms with Crippen LogP contribution in [0.3, 0.4) is 0 Å². The van der Waals surface area contributed by atoms with Crippen LogP contribution < -0.4 is 42.9 Å². The summed E-state index contributed by atoms with van der Waals surface area (Å²) in [6, 6.07) is 68.7. The summed E-state index contributed by atoms with van der Waals surface area (Å²) in [6.45, 7) is 3.97. The van der Waals surface area contributed by atoms with Crippen molar-refractivity contribution in [3.8, 4) is 0 Å². The molecule has 0 saturated carbocycles. The van der Waals surface area contributed by atoms with Crippen molar-refractivity contribution in [2.45, 2.75) is 51.0 Å². The van der Waals surface area contributed by atoms with Crippen LogP contribution in [0.25, 0.3) is 0 Å². The van der Waals surface area contributed by atoms with Gasteiger partial charge in [-0.3, -0.25) is 24.5 Å². The zero-order chi connectivity index (χ0) is 65.5. The van der Waals surface area contributed by atoms with Crippen molar-refractivity contribution in [2.24, 2.45) is 11.8 Å². The largest absolute Gasteiger partial charge is 0.457 e. The average molecular weight is 1270 g/mol. The molecule has 2 aliphatic heterocycles. The lowest BCUT2D eigenvalue weighted by atomic mass is 9.79. The van der Waals surface area contributed by atoms with Gasteiger partial charge in [-0.2, -0.15) is 0 Å². The van der Waals surface area contributed by atoms with E-state index in [1.165, 1.54) is 42.9 Å². The number of carbonyl (C=O) groups excluding carboxylic acids is 7. The summed E-state index contributed by atoms with van der Waals surface area (Å²) >= 11 is 0. The molecular formula is C74H72N4O12P2. The number of Topliss-reactive ketones (excluding diaryl/α,β-unsaturated/α-hetero) is 2. The first kappa shape index (κ1) is 66.5. The lowest BCUT2D eigenvalue weighted by Crippen LogP contribution is -2.68. The molecule has 2 fully saturated rings. The Morgan fingerprint density at radius 1 is 0.489 bits per heavy atom. The third kappa shape index (κ3) is 13.6. The van der Waals surface area contributed by atoms with Gasteiger partial charge in [0.1, 0.15) is 24.0 Å². The minimum Gasteiger partial charge on any atom is -0.457 e. The minimum absolute atomic E-state index is 0.0718. The van der Waals surface area contributed by atoms with Gasteiger partial charge in [0.15, 0.2) is 11.6 Å². The summed E-state index contributed by atoms with van der Waals surface area (Å²) in [4.78, 5) is 99.2. The van der Waals surface area contributed by atoms with Gasteiger partial charge >= 0.3 is 18.0 Å². The highest BCUT2D eigenvalue weighted by molar-refractivity contribution is 7.97. The first-order chi connectivity index (χ1) is 44.5. The lowest BCUT2D eigenvalue weighted by Gasteiger charge is -2.50. The first-order valence-corrected chi connectivity index (χ1v) is 33.4. The maximum Gasteiger partial charge on any atom is 0.411 e. The summed E-state index contributed by atoms with van der Waals surface area (Å²) in [5.41, 5.74) is 7.82. The van der Waals surface area contributed by atoms with E-state index in [4.69, 9.17) is 15.2 Å². The quantitative estimate of drug-likeness (QED) is 0.00898. The Balaban J connectivity index is 0.000000218. The number of rotatable bonds is 23. The number of aliphatic hydroxyl groups excluding tert-OH is 2. The van der Waals surface area contributed by atoms with E-state index >= 15 is 0 Å². The van der Waals surface area contributed by atoms with Gasteiger partial charge in [0.2, 0.25) is 11.8 Å². The Hall–Kier alpha value is -9.95. The molecule has 470 valence electrons. The lowest BCUT2D eigenvalue weighted by molar-refractivity contribution is -0.157. The van der Waals surface area contributed by atoms with Gasteiger partial charge in [0, 0.05) is 49.1 Å². The van der Waals surface area contributed by atoms with Crippen LogP contribution in [0.2, 0.25) is 0 Å². The second-order valence-electron chi connectivity index (χ2n) is 21.9. The third-order valence-corrected chi connectivity index (χ3v) is 24.7. The number of esters is 2. The Bertz CT molecular complexity index is 3870. The van der Waals surface area contributed by atoms with Crippen molar-refractivity contribution in [1.29, 1.82) is 0 Å². The molecule has 0 aliphatic carbocycles. The van der Waals surface area contributed by atoms with E-state index in [-0.39, 0.29) is 48.5 Å². The summed E-state index contributed by atoms with van der Waals surface area (Å²) in [5.74, 6) is -4.69. The van der Waals surface area contributed by atoms with Crippen molar-refractivity contribution >= 4 is 109 Å². The molecule has 0 radical (unpaired) electrons. The number of hydrogen-bond donors (Lipinski definition) is 4. The fourth-order valence-corrected chi connectivity index (χ4v) is 20.9. The van der Waals surface area contributed by atoms with Crippen LogP contribution in [0.1, 0.15) is 47.4 Å². The van der Waals surface area contributed by atoms with Gasteiger partial charge in [-0.15, -0.1) is 0 Å². The summed E-state index contributed by atoms with van der Waals surface area (Å²) in [6.07, 6.45) is -0.149. The van der Waals surface area contributed by atoms with Gasteiger partial charge in [0.25, 0.3) is 0 Å². The number of methoxy groups -OCH3 is 1. The first-order valence-electron chi connectivity index (χ1n) is 29.9. The van der Waals surface area contributed by atoms with E-state index in [1.54, 1.807) is 48.5 Å². The van der Waals surface area contributed by atoms with Gasteiger partial charge in [-0.25, -0.2) is 14.4 Å². The number of likely N-dealkylation sites (tertiary alicyclic amines) is 2. The normalized spacial score (nSPS) is 16.5. The predicted molar refractivity (Wildman–Crippen MR) is 365 cm³/mol. The van der Waals surface area contributed by atoms with E-state index in [1.807, 2.05) is 182 Å². The zero-order valence-electron chi connectivity index (χ0n) is 51.1. The fourth-order valence-electron chi connectivity index (χ4n) is 12.1. The van der Waals surface area contributed by atoms with Crippen molar-refractivity contribution < 1.29 is 58.0 Å². The maximum atomic E-state index is 14.5. The number of nitrogens with two attached hydrogens (primary N) is 1. The molecule has 2 heterocycles. The second kappa shape index (κ2) is 30.2. The molecule has 8 aromatic rings. The zero-order valence-corrected chi connectivity index (χ0v) is 52.9. The number of β-lactam (4-membered cyclic amide) rings is 2. The number of aliphatic hydroxyl groups is 2. The molecule has 0 bridgehead atoms.